The molecule has 0 saturated heterocycles. The number of rotatable bonds is 4. The summed E-state index contributed by atoms with van der Waals surface area (Å²) in [5.74, 6) is 0.391. The Kier molecular flexibility index (Phi) is 5.05. The van der Waals surface area contributed by atoms with Gasteiger partial charge in [-0.25, -0.2) is 4.98 Å². The molecule has 1 aliphatic carbocycles. The molecule has 1 saturated carbocycles. The monoisotopic (exact) mass is 359 g/mol. The van der Waals surface area contributed by atoms with E-state index in [4.69, 9.17) is 4.98 Å². The van der Waals surface area contributed by atoms with Gasteiger partial charge in [0.25, 0.3) is 5.91 Å². The fraction of sp³-hybridized carbons (Fsp3) is 0.304. The summed E-state index contributed by atoms with van der Waals surface area (Å²) in [4.78, 5) is 23.0. The maximum atomic E-state index is 13.1. The predicted molar refractivity (Wildman–Crippen MR) is 108 cm³/mol. The number of aromatic nitrogens is 2. The first-order chi connectivity index (χ1) is 13.2. The first kappa shape index (κ1) is 17.5. The number of hydrogen-bond donors (Lipinski definition) is 1. The number of aromatic amines is 1. The van der Waals surface area contributed by atoms with Crippen molar-refractivity contribution in [3.63, 3.8) is 0 Å². The molecule has 1 amide bonds. The number of H-pyrrole nitrogens is 1. The molecule has 4 heteroatoms. The first-order valence-corrected chi connectivity index (χ1v) is 9.72. The van der Waals surface area contributed by atoms with Crippen LogP contribution in [0.4, 0.5) is 0 Å². The van der Waals surface area contributed by atoms with E-state index >= 15 is 0 Å². The third kappa shape index (κ3) is 3.65. The van der Waals surface area contributed by atoms with Crippen LogP contribution in [0.2, 0.25) is 0 Å². The number of amides is 1. The quantitative estimate of drug-likeness (QED) is 0.700. The van der Waals surface area contributed by atoms with Gasteiger partial charge in [-0.1, -0.05) is 79.9 Å². The van der Waals surface area contributed by atoms with Gasteiger partial charge in [-0.2, -0.15) is 0 Å². The summed E-state index contributed by atoms with van der Waals surface area (Å²) in [5.41, 5.74) is 3.75. The minimum absolute atomic E-state index is 0.0266. The van der Waals surface area contributed by atoms with Gasteiger partial charge in [0, 0.05) is 24.2 Å². The minimum atomic E-state index is -0.0266. The Hall–Kier alpha value is -2.88. The van der Waals surface area contributed by atoms with Crippen LogP contribution in [-0.2, 0) is 0 Å². The summed E-state index contributed by atoms with van der Waals surface area (Å²) in [6.45, 7) is 0. The zero-order chi connectivity index (χ0) is 18.6. The van der Waals surface area contributed by atoms with E-state index in [1.165, 1.54) is 19.3 Å². The van der Waals surface area contributed by atoms with Crippen molar-refractivity contribution in [1.82, 2.24) is 14.9 Å². The van der Waals surface area contributed by atoms with Gasteiger partial charge in [0.2, 0.25) is 0 Å². The van der Waals surface area contributed by atoms with Gasteiger partial charge in [0.15, 0.2) is 5.82 Å². The van der Waals surface area contributed by atoms with Gasteiger partial charge in [-0.05, 0) is 12.8 Å². The summed E-state index contributed by atoms with van der Waals surface area (Å²) >= 11 is 0. The van der Waals surface area contributed by atoms with Gasteiger partial charge in [-0.3, -0.25) is 4.79 Å². The zero-order valence-electron chi connectivity index (χ0n) is 15.7. The number of hydrogen-bond acceptors (Lipinski definition) is 2. The first-order valence-electron chi connectivity index (χ1n) is 9.72. The molecule has 1 heterocycles. The molecule has 4 nitrogen and oxygen atoms in total. The Morgan fingerprint density at radius 2 is 1.52 bits per heavy atom. The van der Waals surface area contributed by atoms with E-state index < -0.39 is 0 Å². The average molecular weight is 359 g/mol. The summed E-state index contributed by atoms with van der Waals surface area (Å²) in [5, 5.41) is 0. The largest absolute Gasteiger partial charge is 0.336 e. The van der Waals surface area contributed by atoms with E-state index in [0.717, 1.165) is 35.4 Å². The molecule has 0 radical (unpaired) electrons. The highest BCUT2D eigenvalue weighted by Crippen LogP contribution is 2.31. The van der Waals surface area contributed by atoms with Crippen LogP contribution < -0.4 is 0 Å². The number of nitrogens with zero attached hydrogens (tertiary/aromatic N) is 2. The van der Waals surface area contributed by atoms with Crippen LogP contribution >= 0.6 is 0 Å². The fourth-order valence-corrected chi connectivity index (χ4v) is 3.89. The Bertz CT molecular complexity index is 839. The van der Waals surface area contributed by atoms with E-state index in [9.17, 15) is 4.79 Å². The molecule has 0 atom stereocenters. The lowest BCUT2D eigenvalue weighted by molar-refractivity contribution is 0.0685. The molecule has 1 fully saturated rings. The third-order valence-electron chi connectivity index (χ3n) is 5.46. The lowest BCUT2D eigenvalue weighted by Gasteiger charge is -2.30. The lowest BCUT2D eigenvalue weighted by Crippen LogP contribution is -2.38. The van der Waals surface area contributed by atoms with Crippen molar-refractivity contribution in [2.45, 2.75) is 38.1 Å². The van der Waals surface area contributed by atoms with E-state index in [2.05, 4.69) is 4.98 Å². The Labute approximate surface area is 160 Å². The summed E-state index contributed by atoms with van der Waals surface area (Å²) in [7, 11) is 1.91. The summed E-state index contributed by atoms with van der Waals surface area (Å²) < 4.78 is 0. The van der Waals surface area contributed by atoms with E-state index in [1.54, 1.807) is 0 Å². The van der Waals surface area contributed by atoms with E-state index in [-0.39, 0.29) is 5.91 Å². The third-order valence-corrected chi connectivity index (χ3v) is 5.46. The molecule has 0 spiro atoms. The molecule has 1 aromatic heterocycles. The second kappa shape index (κ2) is 7.78. The second-order valence-electron chi connectivity index (χ2n) is 7.25. The molecule has 2 aromatic carbocycles. The van der Waals surface area contributed by atoms with Gasteiger partial charge < -0.3 is 9.88 Å². The standard InChI is InChI=1S/C23H25N3O/c1-26(19-15-9-4-10-16-19)23(27)22-24-20(17-11-5-2-6-12-17)21(25-22)18-13-7-3-8-14-18/h2-3,5-8,11-14,19H,4,9-10,15-16H2,1H3,(H,24,25). The average Bonchev–Trinajstić information content (AvgIpc) is 3.20. The topological polar surface area (TPSA) is 49.0 Å². The highest BCUT2D eigenvalue weighted by molar-refractivity contribution is 5.93. The van der Waals surface area contributed by atoms with Gasteiger partial charge in [-0.15, -0.1) is 0 Å². The molecule has 27 heavy (non-hydrogen) atoms. The lowest BCUT2D eigenvalue weighted by atomic mass is 9.94. The van der Waals surface area contributed by atoms with Crippen molar-refractivity contribution in [2.24, 2.45) is 0 Å². The van der Waals surface area contributed by atoms with Crippen molar-refractivity contribution in [3.05, 3.63) is 66.5 Å². The highest BCUT2D eigenvalue weighted by atomic mass is 16.2. The fourth-order valence-electron chi connectivity index (χ4n) is 3.89. The maximum absolute atomic E-state index is 13.1. The number of carbonyl (C=O) groups excluding carboxylic acids is 1. The Balaban J connectivity index is 1.72. The van der Waals surface area contributed by atoms with Crippen molar-refractivity contribution in [1.29, 1.82) is 0 Å². The van der Waals surface area contributed by atoms with Crippen molar-refractivity contribution in [2.75, 3.05) is 7.05 Å². The smallest absolute Gasteiger partial charge is 0.289 e. The van der Waals surface area contributed by atoms with Gasteiger partial charge >= 0.3 is 0 Å². The molecule has 4 rings (SSSR count). The number of imidazole rings is 1. The molecule has 0 bridgehead atoms. The van der Waals surface area contributed by atoms with E-state index in [1.807, 2.05) is 72.6 Å². The van der Waals surface area contributed by atoms with Crippen LogP contribution in [0.5, 0.6) is 0 Å². The molecule has 1 aliphatic rings. The van der Waals surface area contributed by atoms with Gasteiger partial charge in [0.1, 0.15) is 0 Å². The van der Waals surface area contributed by atoms with Crippen LogP contribution in [-0.4, -0.2) is 33.9 Å². The Morgan fingerprint density at radius 3 is 2.15 bits per heavy atom. The van der Waals surface area contributed by atoms with Crippen molar-refractivity contribution < 1.29 is 4.79 Å². The molecule has 0 unspecified atom stereocenters. The van der Waals surface area contributed by atoms with Crippen LogP contribution in [0.15, 0.2) is 60.7 Å². The summed E-state index contributed by atoms with van der Waals surface area (Å²) in [6.07, 6.45) is 5.84. The predicted octanol–water partition coefficient (Wildman–Crippen LogP) is 5.15. The van der Waals surface area contributed by atoms with Gasteiger partial charge in [0.05, 0.1) is 11.4 Å². The second-order valence-corrected chi connectivity index (χ2v) is 7.25. The van der Waals surface area contributed by atoms with Crippen molar-refractivity contribution in [3.8, 4) is 22.5 Å². The normalized spacial score (nSPS) is 14.9. The van der Waals surface area contributed by atoms with E-state index in [0.29, 0.717) is 11.9 Å². The number of nitrogens with one attached hydrogen (secondary N) is 1. The van der Waals surface area contributed by atoms with Crippen LogP contribution in [0.3, 0.4) is 0 Å². The van der Waals surface area contributed by atoms with Crippen molar-refractivity contribution >= 4 is 5.91 Å². The highest BCUT2D eigenvalue weighted by Gasteiger charge is 2.26. The molecule has 1 N–H and O–H groups in total. The maximum Gasteiger partial charge on any atom is 0.289 e. The SMILES string of the molecule is CN(C(=O)c1nc(-c2ccccc2)c(-c2ccccc2)[nH]1)C1CCCCC1. The number of benzene rings is 2. The Morgan fingerprint density at radius 1 is 0.926 bits per heavy atom. The van der Waals surface area contributed by atoms with Crippen LogP contribution in [0.1, 0.15) is 42.7 Å². The minimum Gasteiger partial charge on any atom is -0.336 e. The molecular weight excluding hydrogens is 334 g/mol. The number of carbonyl (C=O) groups is 1. The molecule has 0 aliphatic heterocycles. The van der Waals surface area contributed by atoms with Crippen LogP contribution in [0.25, 0.3) is 22.5 Å². The zero-order valence-corrected chi connectivity index (χ0v) is 15.7. The molecular formula is C23H25N3O. The molecule has 3 aromatic rings. The van der Waals surface area contributed by atoms with Crippen LogP contribution in [0, 0.1) is 0 Å². The molecule has 138 valence electrons. The summed E-state index contributed by atoms with van der Waals surface area (Å²) in [6, 6.07) is 20.4.